The number of aromatic nitrogens is 2. The second-order valence-electron chi connectivity index (χ2n) is 5.58. The van der Waals surface area contributed by atoms with Gasteiger partial charge < -0.3 is 13.9 Å². The molecule has 1 saturated heterocycles. The van der Waals surface area contributed by atoms with E-state index < -0.39 is 0 Å². The first-order chi connectivity index (χ1) is 9.72. The van der Waals surface area contributed by atoms with Gasteiger partial charge in [0, 0.05) is 38.6 Å². The smallest absolute Gasteiger partial charge is 0.126 e. The van der Waals surface area contributed by atoms with Crippen LogP contribution in [0.1, 0.15) is 17.1 Å². The molecule has 20 heavy (non-hydrogen) atoms. The summed E-state index contributed by atoms with van der Waals surface area (Å²) in [6, 6.07) is 2.01. The average Bonchev–Trinajstić information content (AvgIpc) is 3.04. The molecule has 5 nitrogen and oxygen atoms in total. The van der Waals surface area contributed by atoms with Gasteiger partial charge in [0.05, 0.1) is 19.4 Å². The SMILES string of the molecule is Cc1ccoc1Cn1ccnc1CN1CCN(C)CC1. The van der Waals surface area contributed by atoms with Crippen molar-refractivity contribution in [2.24, 2.45) is 0 Å². The minimum absolute atomic E-state index is 0.766. The second-order valence-corrected chi connectivity index (χ2v) is 5.58. The quantitative estimate of drug-likeness (QED) is 0.848. The molecule has 3 rings (SSSR count). The minimum Gasteiger partial charge on any atom is -0.467 e. The van der Waals surface area contributed by atoms with Crippen molar-refractivity contribution in [3.8, 4) is 0 Å². The van der Waals surface area contributed by atoms with Crippen LogP contribution < -0.4 is 0 Å². The van der Waals surface area contributed by atoms with Gasteiger partial charge in [0.25, 0.3) is 0 Å². The van der Waals surface area contributed by atoms with Crippen LogP contribution in [0.2, 0.25) is 0 Å². The third-order valence-corrected chi connectivity index (χ3v) is 4.04. The highest BCUT2D eigenvalue weighted by Gasteiger charge is 2.16. The summed E-state index contributed by atoms with van der Waals surface area (Å²) >= 11 is 0. The molecule has 0 amide bonds. The number of furan rings is 1. The van der Waals surface area contributed by atoms with Crippen molar-refractivity contribution in [2.45, 2.75) is 20.0 Å². The van der Waals surface area contributed by atoms with Crippen LogP contribution in [0.5, 0.6) is 0 Å². The Morgan fingerprint density at radius 2 is 2.00 bits per heavy atom. The van der Waals surface area contributed by atoms with Gasteiger partial charge in [-0.15, -0.1) is 0 Å². The highest BCUT2D eigenvalue weighted by molar-refractivity contribution is 5.15. The Balaban J connectivity index is 1.66. The molecule has 0 N–H and O–H groups in total. The third-order valence-electron chi connectivity index (χ3n) is 4.04. The Morgan fingerprint density at radius 1 is 1.20 bits per heavy atom. The lowest BCUT2D eigenvalue weighted by Gasteiger charge is -2.32. The van der Waals surface area contributed by atoms with Crippen LogP contribution in [0, 0.1) is 6.92 Å². The lowest BCUT2D eigenvalue weighted by molar-refractivity contribution is 0.144. The molecule has 0 bridgehead atoms. The van der Waals surface area contributed by atoms with Crippen molar-refractivity contribution in [1.29, 1.82) is 0 Å². The lowest BCUT2D eigenvalue weighted by atomic mass is 10.3. The van der Waals surface area contributed by atoms with Crippen LogP contribution in [-0.2, 0) is 13.1 Å². The monoisotopic (exact) mass is 274 g/mol. The van der Waals surface area contributed by atoms with Crippen LogP contribution in [0.25, 0.3) is 0 Å². The number of piperazine rings is 1. The van der Waals surface area contributed by atoms with Gasteiger partial charge in [0.2, 0.25) is 0 Å². The molecule has 2 aromatic heterocycles. The van der Waals surface area contributed by atoms with Crippen molar-refractivity contribution >= 4 is 0 Å². The second kappa shape index (κ2) is 5.81. The van der Waals surface area contributed by atoms with E-state index in [0.717, 1.165) is 50.9 Å². The van der Waals surface area contributed by atoms with Crippen LogP contribution in [0.4, 0.5) is 0 Å². The first-order valence-electron chi connectivity index (χ1n) is 7.16. The van der Waals surface area contributed by atoms with E-state index in [1.54, 1.807) is 6.26 Å². The Hall–Kier alpha value is -1.59. The van der Waals surface area contributed by atoms with E-state index in [1.165, 1.54) is 5.56 Å². The van der Waals surface area contributed by atoms with Crippen LogP contribution in [0.3, 0.4) is 0 Å². The molecular weight excluding hydrogens is 252 g/mol. The van der Waals surface area contributed by atoms with E-state index in [1.807, 2.05) is 18.5 Å². The van der Waals surface area contributed by atoms with Crippen LogP contribution in [-0.4, -0.2) is 52.6 Å². The zero-order valence-electron chi connectivity index (χ0n) is 12.2. The number of likely N-dealkylation sites (N-methyl/N-ethyl adjacent to an activating group) is 1. The van der Waals surface area contributed by atoms with Gasteiger partial charge in [-0.1, -0.05) is 0 Å². The fraction of sp³-hybridized carbons (Fsp3) is 0.533. The molecule has 1 aliphatic heterocycles. The largest absolute Gasteiger partial charge is 0.467 e. The summed E-state index contributed by atoms with van der Waals surface area (Å²) in [6.07, 6.45) is 5.67. The lowest BCUT2D eigenvalue weighted by Crippen LogP contribution is -2.44. The number of imidazole rings is 1. The number of nitrogens with zero attached hydrogens (tertiary/aromatic N) is 4. The summed E-state index contributed by atoms with van der Waals surface area (Å²) in [5.74, 6) is 2.13. The summed E-state index contributed by atoms with van der Waals surface area (Å²) < 4.78 is 7.71. The predicted octanol–water partition coefficient (Wildman–Crippen LogP) is 1.58. The van der Waals surface area contributed by atoms with Crippen molar-refractivity contribution in [3.05, 3.63) is 41.9 Å². The molecule has 0 spiro atoms. The maximum atomic E-state index is 5.53. The highest BCUT2D eigenvalue weighted by Crippen LogP contribution is 2.13. The van der Waals surface area contributed by atoms with Crippen molar-refractivity contribution in [1.82, 2.24) is 19.4 Å². The molecule has 0 atom stereocenters. The summed E-state index contributed by atoms with van der Waals surface area (Å²) in [5, 5.41) is 0. The fourth-order valence-corrected chi connectivity index (χ4v) is 2.56. The number of rotatable bonds is 4. The number of hydrogen-bond donors (Lipinski definition) is 0. The van der Waals surface area contributed by atoms with Crippen molar-refractivity contribution in [3.63, 3.8) is 0 Å². The Morgan fingerprint density at radius 3 is 2.70 bits per heavy atom. The molecule has 0 saturated carbocycles. The normalized spacial score (nSPS) is 17.7. The molecule has 0 aromatic carbocycles. The molecule has 108 valence electrons. The van der Waals surface area contributed by atoms with Gasteiger partial charge in [-0.3, -0.25) is 4.90 Å². The van der Waals surface area contributed by atoms with Gasteiger partial charge in [-0.05, 0) is 25.6 Å². The van der Waals surface area contributed by atoms with Crippen LogP contribution in [0.15, 0.2) is 29.1 Å². The van der Waals surface area contributed by atoms with E-state index in [-0.39, 0.29) is 0 Å². The molecule has 3 heterocycles. The maximum Gasteiger partial charge on any atom is 0.126 e. The van der Waals surface area contributed by atoms with E-state index >= 15 is 0 Å². The molecule has 2 aromatic rings. The van der Waals surface area contributed by atoms with Gasteiger partial charge >= 0.3 is 0 Å². The van der Waals surface area contributed by atoms with E-state index in [4.69, 9.17) is 4.42 Å². The predicted molar refractivity (Wildman–Crippen MR) is 77.5 cm³/mol. The average molecular weight is 274 g/mol. The Kier molecular flexibility index (Phi) is 3.89. The Labute approximate surface area is 119 Å². The van der Waals surface area contributed by atoms with Gasteiger partial charge in [-0.25, -0.2) is 4.98 Å². The van der Waals surface area contributed by atoms with E-state index in [9.17, 15) is 0 Å². The van der Waals surface area contributed by atoms with Gasteiger partial charge in [0.1, 0.15) is 11.6 Å². The highest BCUT2D eigenvalue weighted by atomic mass is 16.3. The van der Waals surface area contributed by atoms with Gasteiger partial charge in [0.15, 0.2) is 0 Å². The van der Waals surface area contributed by atoms with E-state index in [2.05, 4.69) is 33.3 Å². The van der Waals surface area contributed by atoms with Crippen molar-refractivity contribution < 1.29 is 4.42 Å². The summed E-state index contributed by atoms with van der Waals surface area (Å²) in [7, 11) is 2.18. The molecule has 0 aliphatic carbocycles. The molecule has 1 fully saturated rings. The first-order valence-corrected chi connectivity index (χ1v) is 7.16. The standard InChI is InChI=1S/C15H22N4O/c1-13-3-10-20-14(13)11-19-5-4-16-15(19)12-18-8-6-17(2)7-9-18/h3-5,10H,6-9,11-12H2,1-2H3. The maximum absolute atomic E-state index is 5.53. The molecular formula is C15H22N4O. The third kappa shape index (κ3) is 2.94. The Bertz CT molecular complexity index is 552. The first kappa shape index (κ1) is 13.4. The summed E-state index contributed by atoms with van der Waals surface area (Å²) in [5.41, 5.74) is 1.20. The summed E-state index contributed by atoms with van der Waals surface area (Å²) in [4.78, 5) is 9.34. The molecule has 1 aliphatic rings. The molecule has 5 heteroatoms. The zero-order chi connectivity index (χ0) is 13.9. The molecule has 0 radical (unpaired) electrons. The topological polar surface area (TPSA) is 37.4 Å². The number of aryl methyl sites for hydroxylation is 1. The van der Waals surface area contributed by atoms with Crippen LogP contribution >= 0.6 is 0 Å². The zero-order valence-corrected chi connectivity index (χ0v) is 12.2. The van der Waals surface area contributed by atoms with Gasteiger partial charge in [-0.2, -0.15) is 0 Å². The van der Waals surface area contributed by atoms with E-state index in [0.29, 0.717) is 0 Å². The fourth-order valence-electron chi connectivity index (χ4n) is 2.56. The minimum atomic E-state index is 0.766. The summed E-state index contributed by atoms with van der Waals surface area (Å²) in [6.45, 7) is 8.26. The number of hydrogen-bond acceptors (Lipinski definition) is 4. The van der Waals surface area contributed by atoms with Crippen molar-refractivity contribution in [2.75, 3.05) is 33.2 Å². The molecule has 0 unspecified atom stereocenters.